The number of benzene rings is 1. The van der Waals surface area contributed by atoms with Crippen molar-refractivity contribution >= 4 is 30.5 Å². The van der Waals surface area contributed by atoms with Gasteiger partial charge in [0, 0.05) is 18.3 Å². The molecule has 34 heavy (non-hydrogen) atoms. The van der Waals surface area contributed by atoms with E-state index in [9.17, 15) is 14.4 Å². The van der Waals surface area contributed by atoms with Crippen LogP contribution in [-0.4, -0.2) is 52.8 Å². The third kappa shape index (κ3) is 8.53. The van der Waals surface area contributed by atoms with Crippen molar-refractivity contribution in [3.63, 3.8) is 0 Å². The molecule has 2 atom stereocenters. The van der Waals surface area contributed by atoms with Crippen molar-refractivity contribution in [1.82, 2.24) is 15.5 Å². The van der Waals surface area contributed by atoms with Crippen molar-refractivity contribution in [2.75, 3.05) is 12.3 Å². The minimum absolute atomic E-state index is 0.0865. The molecule has 0 saturated heterocycles. The molecule has 0 heterocycles. The lowest BCUT2D eigenvalue weighted by atomic mass is 9.94. The molecule has 8 heteroatoms. The zero-order chi connectivity index (χ0) is 25.3. The Bertz CT molecular complexity index is 816. The number of hydrogen-bond donors (Lipinski definition) is 3. The third-order valence-electron chi connectivity index (χ3n) is 5.82. The molecular formula is C26H41N3O4S. The normalized spacial score (nSPS) is 16.3. The Morgan fingerprint density at radius 2 is 1.74 bits per heavy atom. The maximum Gasteiger partial charge on any atom is 0.408 e. The highest BCUT2D eigenvalue weighted by molar-refractivity contribution is 7.80. The number of hydrogen-bond acceptors (Lipinski definition) is 5. The molecule has 1 aromatic rings. The van der Waals surface area contributed by atoms with Crippen molar-refractivity contribution in [2.45, 2.75) is 96.9 Å². The summed E-state index contributed by atoms with van der Waals surface area (Å²) in [5, 5.41) is 5.83. The molecule has 2 rings (SSSR count). The lowest BCUT2D eigenvalue weighted by Crippen LogP contribution is -2.54. The summed E-state index contributed by atoms with van der Waals surface area (Å²) in [6.45, 7) is 9.60. The minimum atomic E-state index is -0.917. The van der Waals surface area contributed by atoms with E-state index in [1.807, 2.05) is 38.1 Å². The van der Waals surface area contributed by atoms with E-state index in [0.29, 0.717) is 13.0 Å². The smallest absolute Gasteiger partial charge is 0.408 e. The van der Waals surface area contributed by atoms with Gasteiger partial charge in [-0.1, -0.05) is 56.0 Å². The second kappa shape index (κ2) is 13.0. The van der Waals surface area contributed by atoms with Crippen LogP contribution in [0.4, 0.5) is 4.79 Å². The van der Waals surface area contributed by atoms with Crippen LogP contribution in [0.5, 0.6) is 0 Å². The van der Waals surface area contributed by atoms with Crippen LogP contribution in [0.2, 0.25) is 0 Å². The number of ether oxygens (including phenoxy) is 1. The van der Waals surface area contributed by atoms with Gasteiger partial charge in [-0.2, -0.15) is 12.6 Å². The van der Waals surface area contributed by atoms with E-state index in [2.05, 4.69) is 23.3 Å². The number of carbonyl (C=O) groups is 3. The molecule has 0 aliphatic heterocycles. The molecule has 190 valence electrons. The second-order valence-corrected chi connectivity index (χ2v) is 10.4. The van der Waals surface area contributed by atoms with Crippen LogP contribution >= 0.6 is 12.6 Å². The molecule has 1 aliphatic carbocycles. The summed E-state index contributed by atoms with van der Waals surface area (Å²) in [7, 11) is 0. The monoisotopic (exact) mass is 491 g/mol. The molecule has 1 aliphatic rings. The summed E-state index contributed by atoms with van der Waals surface area (Å²) in [6, 6.07) is 6.09. The molecule has 1 aromatic carbocycles. The quantitative estimate of drug-likeness (QED) is 0.443. The third-order valence-corrected chi connectivity index (χ3v) is 6.19. The molecule has 0 radical (unpaired) electrons. The van der Waals surface area contributed by atoms with Crippen LogP contribution < -0.4 is 10.6 Å². The molecule has 0 aromatic heterocycles. The predicted molar refractivity (Wildman–Crippen MR) is 138 cm³/mol. The summed E-state index contributed by atoms with van der Waals surface area (Å²) in [5.41, 5.74) is 1.13. The van der Waals surface area contributed by atoms with Crippen LogP contribution in [0.3, 0.4) is 0 Å². The molecule has 0 spiro atoms. The van der Waals surface area contributed by atoms with Crippen molar-refractivity contribution in [1.29, 1.82) is 0 Å². The Kier molecular flexibility index (Phi) is 10.7. The van der Waals surface area contributed by atoms with Gasteiger partial charge in [0.2, 0.25) is 11.8 Å². The van der Waals surface area contributed by atoms with Gasteiger partial charge in [0.05, 0.1) is 0 Å². The van der Waals surface area contributed by atoms with Crippen LogP contribution in [0.1, 0.15) is 83.4 Å². The Labute approximate surface area is 209 Å². The van der Waals surface area contributed by atoms with E-state index in [1.165, 1.54) is 6.42 Å². The zero-order valence-corrected chi connectivity index (χ0v) is 22.1. The average Bonchev–Trinajstić information content (AvgIpc) is 2.77. The molecular weight excluding hydrogens is 450 g/mol. The number of thiol groups is 1. The van der Waals surface area contributed by atoms with Crippen molar-refractivity contribution in [3.05, 3.63) is 35.4 Å². The Morgan fingerprint density at radius 1 is 1.12 bits per heavy atom. The zero-order valence-electron chi connectivity index (χ0n) is 21.2. The van der Waals surface area contributed by atoms with Gasteiger partial charge in [0.1, 0.15) is 17.7 Å². The van der Waals surface area contributed by atoms with Gasteiger partial charge in [0.15, 0.2) is 0 Å². The lowest BCUT2D eigenvalue weighted by molar-refractivity contribution is -0.142. The summed E-state index contributed by atoms with van der Waals surface area (Å²) in [5.74, 6) is -0.455. The SMILES string of the molecule is CCCN(C(=O)C(CS)NC(=O)OC(C)(C)C)C(C(=O)NC1CCCCC1)c1ccc(C)cc1. The van der Waals surface area contributed by atoms with Crippen molar-refractivity contribution in [3.8, 4) is 0 Å². The average molecular weight is 492 g/mol. The maximum atomic E-state index is 13.7. The highest BCUT2D eigenvalue weighted by Gasteiger charge is 2.36. The molecule has 0 bridgehead atoms. The van der Waals surface area contributed by atoms with Crippen LogP contribution in [0, 0.1) is 6.92 Å². The summed E-state index contributed by atoms with van der Waals surface area (Å²) in [4.78, 5) is 41.2. The second-order valence-electron chi connectivity index (χ2n) is 10.1. The molecule has 3 amide bonds. The predicted octanol–water partition coefficient (Wildman–Crippen LogP) is 4.55. The molecule has 1 fully saturated rings. The van der Waals surface area contributed by atoms with Gasteiger partial charge in [-0.25, -0.2) is 4.79 Å². The maximum absolute atomic E-state index is 13.7. The number of rotatable bonds is 9. The highest BCUT2D eigenvalue weighted by atomic mass is 32.1. The van der Waals surface area contributed by atoms with E-state index in [4.69, 9.17) is 4.74 Å². The minimum Gasteiger partial charge on any atom is -0.444 e. The van der Waals surface area contributed by atoms with Gasteiger partial charge in [0.25, 0.3) is 0 Å². The van der Waals surface area contributed by atoms with Gasteiger partial charge in [-0.15, -0.1) is 0 Å². The Morgan fingerprint density at radius 3 is 2.26 bits per heavy atom. The summed E-state index contributed by atoms with van der Waals surface area (Å²) >= 11 is 4.31. The molecule has 1 saturated carbocycles. The summed E-state index contributed by atoms with van der Waals surface area (Å²) in [6.07, 6.45) is 5.26. The van der Waals surface area contributed by atoms with Crippen LogP contribution in [-0.2, 0) is 14.3 Å². The largest absolute Gasteiger partial charge is 0.444 e. The number of amides is 3. The lowest BCUT2D eigenvalue weighted by Gasteiger charge is -2.35. The fourth-order valence-corrected chi connectivity index (χ4v) is 4.44. The summed E-state index contributed by atoms with van der Waals surface area (Å²) < 4.78 is 5.33. The van der Waals surface area contributed by atoms with Crippen LogP contribution in [0.25, 0.3) is 0 Å². The number of alkyl carbamates (subject to hydrolysis) is 1. The molecule has 7 nitrogen and oxygen atoms in total. The molecule has 2 unspecified atom stereocenters. The first kappa shape index (κ1) is 28.0. The van der Waals surface area contributed by atoms with Crippen molar-refractivity contribution < 1.29 is 19.1 Å². The fourth-order valence-electron chi connectivity index (χ4n) is 4.19. The Balaban J connectivity index is 2.33. The van der Waals surface area contributed by atoms with E-state index in [-0.39, 0.29) is 23.6 Å². The number of nitrogens with one attached hydrogen (secondary N) is 2. The highest BCUT2D eigenvalue weighted by Crippen LogP contribution is 2.25. The number of aryl methyl sites for hydroxylation is 1. The van der Waals surface area contributed by atoms with Gasteiger partial charge < -0.3 is 20.3 Å². The topological polar surface area (TPSA) is 87.7 Å². The van der Waals surface area contributed by atoms with E-state index in [1.54, 1.807) is 25.7 Å². The van der Waals surface area contributed by atoms with Gasteiger partial charge >= 0.3 is 6.09 Å². The van der Waals surface area contributed by atoms with Gasteiger partial charge in [-0.05, 0) is 52.5 Å². The van der Waals surface area contributed by atoms with Gasteiger partial charge in [-0.3, -0.25) is 9.59 Å². The first-order chi connectivity index (χ1) is 16.1. The fraction of sp³-hybridized carbons (Fsp3) is 0.654. The van der Waals surface area contributed by atoms with Crippen LogP contribution in [0.15, 0.2) is 24.3 Å². The first-order valence-corrected chi connectivity index (χ1v) is 13.0. The standard InChI is InChI=1S/C26H41N3O4S/c1-6-16-29(24(31)21(17-34)28-25(32)33-26(3,4)5)22(19-14-12-18(2)13-15-19)23(30)27-20-10-8-7-9-11-20/h12-15,20-22,34H,6-11,16-17H2,1-5H3,(H,27,30)(H,28,32). The van der Waals surface area contributed by atoms with Crippen molar-refractivity contribution in [2.24, 2.45) is 0 Å². The first-order valence-electron chi connectivity index (χ1n) is 12.3. The van der Waals surface area contributed by atoms with E-state index < -0.39 is 23.8 Å². The number of nitrogens with zero attached hydrogens (tertiary/aromatic N) is 1. The molecule has 2 N–H and O–H groups in total. The number of carbonyl (C=O) groups excluding carboxylic acids is 3. The Hall–Kier alpha value is -2.22. The van der Waals surface area contributed by atoms with E-state index >= 15 is 0 Å². The van der Waals surface area contributed by atoms with E-state index in [0.717, 1.165) is 36.8 Å².